The number of amides is 2. The number of aliphatic carboxylic acids is 1. The summed E-state index contributed by atoms with van der Waals surface area (Å²) in [6, 6.07) is -0.150. The summed E-state index contributed by atoms with van der Waals surface area (Å²) in [5.74, 6) is -0.457. The second-order valence-electron chi connectivity index (χ2n) is 5.04. The van der Waals surface area contributed by atoms with Gasteiger partial charge in [0, 0.05) is 26.1 Å². The first-order chi connectivity index (χ1) is 9.49. The van der Waals surface area contributed by atoms with E-state index in [9.17, 15) is 9.59 Å². The first kappa shape index (κ1) is 18.7. The molecule has 0 aromatic carbocycles. The average Bonchev–Trinajstić information content (AvgIpc) is 2.41. The molecule has 20 heavy (non-hydrogen) atoms. The summed E-state index contributed by atoms with van der Waals surface area (Å²) in [5.41, 5.74) is 0. The van der Waals surface area contributed by atoms with Gasteiger partial charge in [-0.15, -0.1) is 0 Å². The van der Waals surface area contributed by atoms with Gasteiger partial charge in [0.15, 0.2) is 0 Å². The van der Waals surface area contributed by atoms with Crippen molar-refractivity contribution in [3.63, 3.8) is 0 Å². The van der Waals surface area contributed by atoms with Crippen molar-refractivity contribution in [2.75, 3.05) is 32.7 Å². The molecule has 0 aliphatic carbocycles. The molecule has 0 aliphatic heterocycles. The van der Waals surface area contributed by atoms with Crippen LogP contribution in [0.4, 0.5) is 4.79 Å². The third kappa shape index (κ3) is 10.6. The number of carbonyl (C=O) groups excluding carboxylic acids is 1. The van der Waals surface area contributed by atoms with Crippen LogP contribution in [0.5, 0.6) is 0 Å². The monoisotopic (exact) mass is 287 g/mol. The molecular formula is C14H29N3O3. The molecule has 0 aromatic heterocycles. The minimum Gasteiger partial charge on any atom is -0.481 e. The van der Waals surface area contributed by atoms with Crippen LogP contribution in [0.3, 0.4) is 0 Å². The van der Waals surface area contributed by atoms with Gasteiger partial charge < -0.3 is 20.6 Å². The number of carboxylic acids is 1. The number of urea groups is 1. The molecule has 0 heterocycles. The molecule has 0 aromatic rings. The standard InChI is InChI=1S/C14H29N3O3/c1-4-17(5-2)11-10-16-14(20)15-9-8-12(3)6-7-13(18)19/h12H,4-11H2,1-3H3,(H,18,19)(H2,15,16,20). The first-order valence-electron chi connectivity index (χ1n) is 7.45. The third-order valence-corrected chi connectivity index (χ3v) is 3.38. The summed E-state index contributed by atoms with van der Waals surface area (Å²) in [6.07, 6.45) is 1.65. The van der Waals surface area contributed by atoms with Crippen LogP contribution in [0, 0.1) is 5.92 Å². The lowest BCUT2D eigenvalue weighted by atomic mass is 10.0. The molecule has 0 saturated heterocycles. The highest BCUT2D eigenvalue weighted by Crippen LogP contribution is 2.08. The Morgan fingerprint density at radius 2 is 1.70 bits per heavy atom. The Bertz CT molecular complexity index is 281. The number of hydrogen-bond acceptors (Lipinski definition) is 3. The fourth-order valence-corrected chi connectivity index (χ4v) is 1.88. The predicted octanol–water partition coefficient (Wildman–Crippen LogP) is 1.52. The molecule has 0 radical (unpaired) electrons. The molecule has 6 heteroatoms. The largest absolute Gasteiger partial charge is 0.481 e. The minimum atomic E-state index is -0.765. The lowest BCUT2D eigenvalue weighted by Crippen LogP contribution is -2.40. The van der Waals surface area contributed by atoms with Gasteiger partial charge in [0.25, 0.3) is 0 Å². The maximum Gasteiger partial charge on any atom is 0.314 e. The van der Waals surface area contributed by atoms with Crippen LogP contribution in [0.2, 0.25) is 0 Å². The van der Waals surface area contributed by atoms with Crippen LogP contribution in [0.1, 0.15) is 40.0 Å². The Morgan fingerprint density at radius 3 is 2.25 bits per heavy atom. The van der Waals surface area contributed by atoms with E-state index < -0.39 is 5.97 Å². The van der Waals surface area contributed by atoms with E-state index in [4.69, 9.17) is 5.11 Å². The zero-order valence-electron chi connectivity index (χ0n) is 12.9. The molecule has 1 atom stereocenters. The lowest BCUT2D eigenvalue weighted by Gasteiger charge is -2.18. The third-order valence-electron chi connectivity index (χ3n) is 3.38. The van der Waals surface area contributed by atoms with Crippen molar-refractivity contribution in [1.82, 2.24) is 15.5 Å². The highest BCUT2D eigenvalue weighted by molar-refractivity contribution is 5.73. The van der Waals surface area contributed by atoms with Gasteiger partial charge in [0.1, 0.15) is 0 Å². The first-order valence-corrected chi connectivity index (χ1v) is 7.45. The van der Waals surface area contributed by atoms with Crippen molar-refractivity contribution in [2.24, 2.45) is 5.92 Å². The molecule has 6 nitrogen and oxygen atoms in total. The normalized spacial score (nSPS) is 12.2. The maximum absolute atomic E-state index is 11.5. The average molecular weight is 287 g/mol. The molecule has 0 aliphatic rings. The molecule has 0 spiro atoms. The summed E-state index contributed by atoms with van der Waals surface area (Å²) < 4.78 is 0. The van der Waals surface area contributed by atoms with Crippen LogP contribution < -0.4 is 10.6 Å². The van der Waals surface area contributed by atoms with Gasteiger partial charge in [0.2, 0.25) is 0 Å². The Hall–Kier alpha value is -1.30. The van der Waals surface area contributed by atoms with Crippen LogP contribution in [0.15, 0.2) is 0 Å². The van der Waals surface area contributed by atoms with E-state index in [-0.39, 0.29) is 12.5 Å². The van der Waals surface area contributed by atoms with E-state index in [1.807, 2.05) is 6.92 Å². The molecule has 0 rings (SSSR count). The Morgan fingerprint density at radius 1 is 1.10 bits per heavy atom. The van der Waals surface area contributed by atoms with Crippen LogP contribution >= 0.6 is 0 Å². The van der Waals surface area contributed by atoms with Gasteiger partial charge in [-0.05, 0) is 31.8 Å². The van der Waals surface area contributed by atoms with E-state index in [1.54, 1.807) is 0 Å². The van der Waals surface area contributed by atoms with Crippen molar-refractivity contribution in [2.45, 2.75) is 40.0 Å². The Balaban J connectivity index is 3.55. The Labute approximate surface area is 121 Å². The van der Waals surface area contributed by atoms with Gasteiger partial charge >= 0.3 is 12.0 Å². The molecule has 2 amide bonds. The summed E-state index contributed by atoms with van der Waals surface area (Å²) in [7, 11) is 0. The molecule has 0 saturated carbocycles. The summed E-state index contributed by atoms with van der Waals surface area (Å²) in [4.78, 5) is 24.2. The quantitative estimate of drug-likeness (QED) is 0.538. The number of carboxylic acid groups (broad SMARTS) is 1. The van der Waals surface area contributed by atoms with Crippen LogP contribution in [-0.4, -0.2) is 54.7 Å². The number of carbonyl (C=O) groups is 2. The number of likely N-dealkylation sites (N-methyl/N-ethyl adjacent to an activating group) is 1. The predicted molar refractivity (Wildman–Crippen MR) is 79.8 cm³/mol. The van der Waals surface area contributed by atoms with E-state index in [0.29, 0.717) is 25.4 Å². The number of nitrogens with one attached hydrogen (secondary N) is 2. The topological polar surface area (TPSA) is 81.7 Å². The van der Waals surface area contributed by atoms with Gasteiger partial charge in [-0.1, -0.05) is 20.8 Å². The van der Waals surface area contributed by atoms with Crippen molar-refractivity contribution in [1.29, 1.82) is 0 Å². The fourth-order valence-electron chi connectivity index (χ4n) is 1.88. The second-order valence-corrected chi connectivity index (χ2v) is 5.04. The van der Waals surface area contributed by atoms with Gasteiger partial charge in [-0.25, -0.2) is 4.79 Å². The van der Waals surface area contributed by atoms with Gasteiger partial charge in [-0.2, -0.15) is 0 Å². The maximum atomic E-state index is 11.5. The highest BCUT2D eigenvalue weighted by atomic mass is 16.4. The number of nitrogens with zero attached hydrogens (tertiary/aromatic N) is 1. The molecule has 0 fully saturated rings. The fraction of sp³-hybridized carbons (Fsp3) is 0.857. The summed E-state index contributed by atoms with van der Waals surface area (Å²) >= 11 is 0. The Kier molecular flexibility index (Phi) is 10.8. The van der Waals surface area contributed by atoms with E-state index >= 15 is 0 Å². The lowest BCUT2D eigenvalue weighted by molar-refractivity contribution is -0.137. The van der Waals surface area contributed by atoms with Gasteiger partial charge in [-0.3, -0.25) is 4.79 Å². The number of hydrogen-bond donors (Lipinski definition) is 3. The van der Waals surface area contributed by atoms with Crippen molar-refractivity contribution in [3.8, 4) is 0 Å². The van der Waals surface area contributed by atoms with E-state index in [0.717, 1.165) is 26.1 Å². The summed E-state index contributed by atoms with van der Waals surface area (Å²) in [5, 5.41) is 14.2. The molecule has 0 bridgehead atoms. The van der Waals surface area contributed by atoms with Crippen molar-refractivity contribution < 1.29 is 14.7 Å². The smallest absolute Gasteiger partial charge is 0.314 e. The van der Waals surface area contributed by atoms with Gasteiger partial charge in [0.05, 0.1) is 0 Å². The van der Waals surface area contributed by atoms with Crippen molar-refractivity contribution >= 4 is 12.0 Å². The minimum absolute atomic E-state index is 0.150. The zero-order chi connectivity index (χ0) is 15.4. The van der Waals surface area contributed by atoms with Crippen LogP contribution in [0.25, 0.3) is 0 Å². The molecule has 1 unspecified atom stereocenters. The molecule has 118 valence electrons. The second kappa shape index (κ2) is 11.5. The number of rotatable bonds is 11. The highest BCUT2D eigenvalue weighted by Gasteiger charge is 2.06. The molecule has 3 N–H and O–H groups in total. The van der Waals surface area contributed by atoms with E-state index in [2.05, 4.69) is 29.4 Å². The van der Waals surface area contributed by atoms with Crippen molar-refractivity contribution in [3.05, 3.63) is 0 Å². The van der Waals surface area contributed by atoms with Crippen LogP contribution in [-0.2, 0) is 4.79 Å². The SMILES string of the molecule is CCN(CC)CCNC(=O)NCCC(C)CCC(=O)O. The summed E-state index contributed by atoms with van der Waals surface area (Å²) in [6.45, 7) is 10.3. The van der Waals surface area contributed by atoms with E-state index in [1.165, 1.54) is 0 Å². The molecular weight excluding hydrogens is 258 g/mol. The zero-order valence-corrected chi connectivity index (χ0v) is 12.9.